The van der Waals surface area contributed by atoms with Crippen LogP contribution in [0.25, 0.3) is 0 Å². The number of anilines is 1. The van der Waals surface area contributed by atoms with E-state index in [1.807, 2.05) is 24.3 Å². The van der Waals surface area contributed by atoms with Gasteiger partial charge in [-0.25, -0.2) is 0 Å². The predicted molar refractivity (Wildman–Crippen MR) is 122 cm³/mol. The molecule has 2 unspecified atom stereocenters. The summed E-state index contributed by atoms with van der Waals surface area (Å²) >= 11 is 0. The number of rotatable bonds is 6. The number of carbonyl (C=O) groups is 2. The summed E-state index contributed by atoms with van der Waals surface area (Å²) in [6.45, 7) is 1.55. The second-order valence-corrected chi connectivity index (χ2v) is 7.86. The third kappa shape index (κ3) is 4.65. The largest absolute Gasteiger partial charge is 0.502 e. The number of amides is 1. The standard InChI is InChI=1S/C25H24N2O6/c1-14-13-20(28)23(30)24(33-14)21(22(29)16-7-10-17(32-2)11-8-16)26-19-12-9-15-5-3-4-6-18(15)27-25(19)31/h3-8,10-11,13,19,21,26,30H,9,12H2,1-2H3,(H,27,31). The van der Waals surface area contributed by atoms with Crippen molar-refractivity contribution in [3.63, 3.8) is 0 Å². The number of ketones is 1. The number of fused-ring (bicyclic) bond motifs is 1. The van der Waals surface area contributed by atoms with Gasteiger partial charge < -0.3 is 19.6 Å². The molecule has 1 amide bonds. The highest BCUT2D eigenvalue weighted by Crippen LogP contribution is 2.29. The summed E-state index contributed by atoms with van der Waals surface area (Å²) in [6.07, 6.45) is 1.01. The Morgan fingerprint density at radius 1 is 1.18 bits per heavy atom. The van der Waals surface area contributed by atoms with E-state index in [0.29, 0.717) is 24.2 Å². The Balaban J connectivity index is 1.71. The number of nitrogens with one attached hydrogen (secondary N) is 2. The molecule has 33 heavy (non-hydrogen) atoms. The Hall–Kier alpha value is -3.91. The van der Waals surface area contributed by atoms with Crippen LogP contribution in [0.2, 0.25) is 0 Å². The molecule has 0 fully saturated rings. The average Bonchev–Trinajstić information content (AvgIpc) is 2.97. The Labute approximate surface area is 190 Å². The van der Waals surface area contributed by atoms with Crippen LogP contribution in [-0.2, 0) is 11.2 Å². The van der Waals surface area contributed by atoms with Gasteiger partial charge in [-0.3, -0.25) is 19.7 Å². The summed E-state index contributed by atoms with van der Waals surface area (Å²) in [5.41, 5.74) is 1.34. The molecule has 0 spiro atoms. The number of aromatic hydroxyl groups is 1. The van der Waals surface area contributed by atoms with Crippen molar-refractivity contribution in [3.05, 3.63) is 87.5 Å². The Morgan fingerprint density at radius 2 is 1.91 bits per heavy atom. The van der Waals surface area contributed by atoms with Crippen molar-refractivity contribution in [3.8, 4) is 11.5 Å². The number of hydrogen-bond acceptors (Lipinski definition) is 7. The smallest absolute Gasteiger partial charge is 0.241 e. The second-order valence-electron chi connectivity index (χ2n) is 7.86. The van der Waals surface area contributed by atoms with E-state index in [1.165, 1.54) is 7.11 Å². The molecule has 0 radical (unpaired) electrons. The number of para-hydroxylation sites is 1. The molecule has 0 aliphatic carbocycles. The first-order valence-electron chi connectivity index (χ1n) is 10.5. The van der Waals surface area contributed by atoms with Crippen LogP contribution in [0.5, 0.6) is 11.5 Å². The SMILES string of the molecule is COc1ccc(C(=O)C(NC2CCc3ccccc3NC2=O)c2oc(C)cc(=O)c2O)cc1. The van der Waals surface area contributed by atoms with Crippen molar-refractivity contribution in [2.24, 2.45) is 0 Å². The molecule has 2 heterocycles. The molecule has 2 atom stereocenters. The van der Waals surface area contributed by atoms with Crippen molar-refractivity contribution in [2.75, 3.05) is 12.4 Å². The Bertz CT molecular complexity index is 1250. The molecule has 1 aliphatic heterocycles. The van der Waals surface area contributed by atoms with Crippen LogP contribution < -0.4 is 20.8 Å². The number of benzene rings is 2. The lowest BCUT2D eigenvalue weighted by atomic mass is 9.98. The van der Waals surface area contributed by atoms with Crippen LogP contribution in [0.4, 0.5) is 5.69 Å². The van der Waals surface area contributed by atoms with Gasteiger partial charge in [0, 0.05) is 17.3 Å². The summed E-state index contributed by atoms with van der Waals surface area (Å²) < 4.78 is 10.8. The van der Waals surface area contributed by atoms with Gasteiger partial charge >= 0.3 is 0 Å². The van der Waals surface area contributed by atoms with Crippen molar-refractivity contribution in [1.82, 2.24) is 5.32 Å². The minimum Gasteiger partial charge on any atom is -0.502 e. The highest BCUT2D eigenvalue weighted by Gasteiger charge is 2.34. The monoisotopic (exact) mass is 448 g/mol. The normalized spacial score (nSPS) is 16.3. The van der Waals surface area contributed by atoms with E-state index in [1.54, 1.807) is 31.2 Å². The number of aryl methyl sites for hydroxylation is 2. The number of hydrogen-bond donors (Lipinski definition) is 3. The van der Waals surface area contributed by atoms with Gasteiger partial charge in [-0.1, -0.05) is 18.2 Å². The van der Waals surface area contributed by atoms with Crippen LogP contribution in [0.15, 0.2) is 63.8 Å². The van der Waals surface area contributed by atoms with Gasteiger partial charge in [-0.15, -0.1) is 0 Å². The molecule has 1 aliphatic rings. The van der Waals surface area contributed by atoms with Gasteiger partial charge in [0.05, 0.1) is 13.2 Å². The molecule has 2 aromatic carbocycles. The van der Waals surface area contributed by atoms with Crippen molar-refractivity contribution < 1.29 is 23.8 Å². The molecule has 1 aromatic heterocycles. The lowest BCUT2D eigenvalue weighted by Crippen LogP contribution is -2.44. The van der Waals surface area contributed by atoms with Crippen LogP contribution >= 0.6 is 0 Å². The van der Waals surface area contributed by atoms with E-state index in [-0.39, 0.29) is 17.4 Å². The van der Waals surface area contributed by atoms with E-state index in [2.05, 4.69) is 10.6 Å². The molecular formula is C25H24N2O6. The molecule has 0 saturated heterocycles. The van der Waals surface area contributed by atoms with E-state index >= 15 is 0 Å². The van der Waals surface area contributed by atoms with Crippen LogP contribution in [0.1, 0.15) is 39.9 Å². The number of Topliss-reactive ketones (excluding diaryl/α,β-unsaturated/α-hetero) is 1. The zero-order valence-electron chi connectivity index (χ0n) is 18.3. The van der Waals surface area contributed by atoms with Gasteiger partial charge in [0.15, 0.2) is 11.5 Å². The predicted octanol–water partition coefficient (Wildman–Crippen LogP) is 3.13. The lowest BCUT2D eigenvalue weighted by Gasteiger charge is -2.23. The minimum absolute atomic E-state index is 0.227. The summed E-state index contributed by atoms with van der Waals surface area (Å²) in [6, 6.07) is 13.0. The first kappa shape index (κ1) is 22.3. The molecule has 8 nitrogen and oxygen atoms in total. The van der Waals surface area contributed by atoms with Crippen LogP contribution in [0, 0.1) is 6.92 Å². The average molecular weight is 448 g/mol. The summed E-state index contributed by atoms with van der Waals surface area (Å²) in [5.74, 6) is -0.868. The zero-order chi connectivity index (χ0) is 23.5. The number of ether oxygens (including phenoxy) is 1. The van der Waals surface area contributed by atoms with E-state index in [9.17, 15) is 19.5 Å². The highest BCUT2D eigenvalue weighted by molar-refractivity contribution is 6.02. The molecule has 0 bridgehead atoms. The Kier molecular flexibility index (Phi) is 6.28. The first-order chi connectivity index (χ1) is 15.9. The van der Waals surface area contributed by atoms with Crippen molar-refractivity contribution in [2.45, 2.75) is 31.8 Å². The van der Waals surface area contributed by atoms with E-state index in [4.69, 9.17) is 9.15 Å². The van der Waals surface area contributed by atoms with Crippen LogP contribution in [-0.4, -0.2) is 29.9 Å². The van der Waals surface area contributed by atoms with Crippen LogP contribution in [0.3, 0.4) is 0 Å². The van der Waals surface area contributed by atoms with Gasteiger partial charge in [0.2, 0.25) is 17.1 Å². The lowest BCUT2D eigenvalue weighted by molar-refractivity contribution is -0.118. The fraction of sp³-hybridized carbons (Fsp3) is 0.240. The minimum atomic E-state index is -1.26. The van der Waals surface area contributed by atoms with E-state index < -0.39 is 29.0 Å². The van der Waals surface area contributed by atoms with Crippen molar-refractivity contribution in [1.29, 1.82) is 0 Å². The zero-order valence-corrected chi connectivity index (χ0v) is 18.3. The van der Waals surface area contributed by atoms with Gasteiger partial charge in [-0.05, 0) is 55.7 Å². The molecule has 0 saturated carbocycles. The first-order valence-corrected chi connectivity index (χ1v) is 10.5. The van der Waals surface area contributed by atoms with Gasteiger partial charge in [0.25, 0.3) is 0 Å². The Morgan fingerprint density at radius 3 is 2.64 bits per heavy atom. The number of carbonyl (C=O) groups excluding carboxylic acids is 2. The topological polar surface area (TPSA) is 118 Å². The summed E-state index contributed by atoms with van der Waals surface area (Å²) in [4.78, 5) is 38.7. The number of methoxy groups -OCH3 is 1. The molecular weight excluding hydrogens is 424 g/mol. The molecule has 8 heteroatoms. The fourth-order valence-corrected chi connectivity index (χ4v) is 3.88. The fourth-order valence-electron chi connectivity index (χ4n) is 3.88. The second kappa shape index (κ2) is 9.30. The third-order valence-electron chi connectivity index (χ3n) is 5.63. The quantitative estimate of drug-likeness (QED) is 0.496. The maximum absolute atomic E-state index is 13.5. The van der Waals surface area contributed by atoms with Crippen molar-refractivity contribution >= 4 is 17.4 Å². The van der Waals surface area contributed by atoms with Gasteiger partial charge in [-0.2, -0.15) is 0 Å². The van der Waals surface area contributed by atoms with Gasteiger partial charge in [0.1, 0.15) is 17.6 Å². The highest BCUT2D eigenvalue weighted by atomic mass is 16.5. The molecule has 4 rings (SSSR count). The molecule has 3 N–H and O–H groups in total. The maximum Gasteiger partial charge on any atom is 0.241 e. The maximum atomic E-state index is 13.5. The molecule has 3 aromatic rings. The summed E-state index contributed by atoms with van der Waals surface area (Å²) in [5, 5.41) is 16.4. The molecule has 170 valence electrons. The van der Waals surface area contributed by atoms with E-state index in [0.717, 1.165) is 17.3 Å². The summed E-state index contributed by atoms with van der Waals surface area (Å²) in [7, 11) is 1.52. The third-order valence-corrected chi connectivity index (χ3v) is 5.63.